The van der Waals surface area contributed by atoms with Crippen molar-refractivity contribution in [3.8, 4) is 17.0 Å². The number of halogens is 1. The van der Waals surface area contributed by atoms with Gasteiger partial charge >= 0.3 is 0 Å². The van der Waals surface area contributed by atoms with Gasteiger partial charge in [0.1, 0.15) is 11.4 Å². The molecule has 0 spiro atoms. The monoisotopic (exact) mass is 368 g/mol. The first-order valence-electron chi connectivity index (χ1n) is 8.70. The lowest BCUT2D eigenvalue weighted by molar-refractivity contribution is 0.102. The minimum absolute atomic E-state index is 0.0760. The number of hydrogen-bond donors (Lipinski definition) is 2. The van der Waals surface area contributed by atoms with Gasteiger partial charge in [-0.15, -0.1) is 10.2 Å². The summed E-state index contributed by atoms with van der Waals surface area (Å²) in [5.74, 6) is 0.776. The van der Waals surface area contributed by atoms with Gasteiger partial charge < -0.3 is 15.2 Å². The molecular weight excluding hydrogens is 352 g/mol. The number of aromatic nitrogens is 3. The summed E-state index contributed by atoms with van der Waals surface area (Å²) in [6, 6.07) is 7.11. The lowest BCUT2D eigenvalue weighted by Gasteiger charge is -2.21. The molecule has 0 radical (unpaired) electrons. The normalized spacial score (nSPS) is 24.3. The van der Waals surface area contributed by atoms with E-state index in [9.17, 15) is 5.11 Å². The SMILES string of the molecule is Oc1cc(Cl)ccc1-c1nnc(N[C@@H]2C[C@@H]3CC[C@H]2O3)c2cnccc12. The Kier molecular flexibility index (Phi) is 3.69. The van der Waals surface area contributed by atoms with E-state index in [-0.39, 0.29) is 17.9 Å². The number of anilines is 1. The molecule has 132 valence electrons. The maximum absolute atomic E-state index is 10.3. The number of nitrogens with one attached hydrogen (secondary N) is 1. The summed E-state index contributed by atoms with van der Waals surface area (Å²) in [5.41, 5.74) is 1.19. The molecule has 2 aromatic heterocycles. The van der Waals surface area contributed by atoms with Crippen LogP contribution in [-0.2, 0) is 4.74 Å². The maximum atomic E-state index is 10.3. The van der Waals surface area contributed by atoms with Crippen LogP contribution in [0.4, 0.5) is 5.82 Å². The molecule has 1 aromatic carbocycles. The van der Waals surface area contributed by atoms with Crippen molar-refractivity contribution in [2.24, 2.45) is 0 Å². The number of aromatic hydroxyl groups is 1. The summed E-state index contributed by atoms with van der Waals surface area (Å²) in [6.45, 7) is 0. The van der Waals surface area contributed by atoms with Gasteiger partial charge in [-0.3, -0.25) is 4.98 Å². The van der Waals surface area contributed by atoms with Crippen LogP contribution in [0.25, 0.3) is 22.0 Å². The van der Waals surface area contributed by atoms with Crippen molar-refractivity contribution in [1.29, 1.82) is 0 Å². The van der Waals surface area contributed by atoms with Crippen LogP contribution in [0.3, 0.4) is 0 Å². The zero-order valence-corrected chi connectivity index (χ0v) is 14.6. The summed E-state index contributed by atoms with van der Waals surface area (Å²) in [5, 5.41) is 24.8. The second-order valence-electron chi connectivity index (χ2n) is 6.84. The maximum Gasteiger partial charge on any atom is 0.158 e. The van der Waals surface area contributed by atoms with Crippen LogP contribution in [0.15, 0.2) is 36.7 Å². The first kappa shape index (κ1) is 15.8. The number of benzene rings is 1. The van der Waals surface area contributed by atoms with Crippen molar-refractivity contribution >= 4 is 28.2 Å². The summed E-state index contributed by atoms with van der Waals surface area (Å²) in [6.07, 6.45) is 7.32. The Morgan fingerprint density at radius 2 is 2.08 bits per heavy atom. The van der Waals surface area contributed by atoms with Crippen LogP contribution in [0.5, 0.6) is 5.75 Å². The molecule has 0 amide bonds. The van der Waals surface area contributed by atoms with E-state index in [2.05, 4.69) is 20.5 Å². The van der Waals surface area contributed by atoms with Gasteiger partial charge in [-0.25, -0.2) is 0 Å². The fourth-order valence-corrected chi connectivity index (χ4v) is 4.14. The third-order valence-electron chi connectivity index (χ3n) is 5.22. The molecule has 2 N–H and O–H groups in total. The molecule has 0 aliphatic carbocycles. The van der Waals surface area contributed by atoms with Crippen LogP contribution >= 0.6 is 11.6 Å². The molecule has 2 bridgehead atoms. The Hall–Kier alpha value is -2.44. The van der Waals surface area contributed by atoms with E-state index in [0.717, 1.165) is 30.0 Å². The zero-order valence-electron chi connectivity index (χ0n) is 13.9. The quantitative estimate of drug-likeness (QED) is 0.732. The van der Waals surface area contributed by atoms with Gasteiger partial charge in [0, 0.05) is 33.8 Å². The van der Waals surface area contributed by atoms with Gasteiger partial charge in [-0.1, -0.05) is 11.6 Å². The molecular formula is C19H17ClN4O2. The van der Waals surface area contributed by atoms with Crippen molar-refractivity contribution in [3.05, 3.63) is 41.7 Å². The van der Waals surface area contributed by atoms with Crippen molar-refractivity contribution in [1.82, 2.24) is 15.2 Å². The van der Waals surface area contributed by atoms with Gasteiger partial charge in [0.15, 0.2) is 5.82 Å². The predicted molar refractivity (Wildman–Crippen MR) is 99.4 cm³/mol. The molecule has 0 saturated carbocycles. The highest BCUT2D eigenvalue weighted by molar-refractivity contribution is 6.30. The average molecular weight is 369 g/mol. The van der Waals surface area contributed by atoms with Crippen LogP contribution in [0.1, 0.15) is 19.3 Å². The Morgan fingerprint density at radius 1 is 1.15 bits per heavy atom. The highest BCUT2D eigenvalue weighted by atomic mass is 35.5. The first-order chi connectivity index (χ1) is 12.7. The van der Waals surface area contributed by atoms with Crippen molar-refractivity contribution in [2.75, 3.05) is 5.32 Å². The van der Waals surface area contributed by atoms with E-state index in [1.54, 1.807) is 24.5 Å². The van der Waals surface area contributed by atoms with Crippen molar-refractivity contribution in [3.63, 3.8) is 0 Å². The lowest BCUT2D eigenvalue weighted by Crippen LogP contribution is -2.31. The number of phenolic OH excluding ortho intramolecular Hbond substituents is 1. The van der Waals surface area contributed by atoms with E-state index in [1.165, 1.54) is 6.07 Å². The molecule has 2 aliphatic heterocycles. The molecule has 26 heavy (non-hydrogen) atoms. The number of fused-ring (bicyclic) bond motifs is 3. The van der Waals surface area contributed by atoms with E-state index >= 15 is 0 Å². The van der Waals surface area contributed by atoms with E-state index in [1.807, 2.05) is 6.07 Å². The molecule has 4 heterocycles. The Labute approximate surface area is 155 Å². The third-order valence-corrected chi connectivity index (χ3v) is 5.46. The molecule has 2 fully saturated rings. The minimum Gasteiger partial charge on any atom is -0.507 e. The standard InChI is InChI=1S/C19H17ClN4O2/c20-10-1-3-13(16(25)7-10)18-12-5-6-21-9-14(12)19(24-23-18)22-15-8-11-2-4-17(15)26-11/h1,3,5-7,9,11,15,17,25H,2,4,8H2,(H,22,24)/t11-,15+,17+/m0/s1. The lowest BCUT2D eigenvalue weighted by atomic mass is 9.95. The van der Waals surface area contributed by atoms with Gasteiger partial charge in [-0.2, -0.15) is 0 Å². The predicted octanol–water partition coefficient (Wildman–Crippen LogP) is 3.78. The van der Waals surface area contributed by atoms with Crippen LogP contribution in [-0.4, -0.2) is 38.5 Å². The summed E-state index contributed by atoms with van der Waals surface area (Å²) in [7, 11) is 0. The Balaban J connectivity index is 1.58. The Morgan fingerprint density at radius 3 is 2.85 bits per heavy atom. The number of rotatable bonds is 3. The highest BCUT2D eigenvalue weighted by Gasteiger charge is 2.41. The molecule has 2 saturated heterocycles. The van der Waals surface area contributed by atoms with Gasteiger partial charge in [0.2, 0.25) is 0 Å². The molecule has 6 nitrogen and oxygen atoms in total. The van der Waals surface area contributed by atoms with Gasteiger partial charge in [-0.05, 0) is 43.5 Å². The topological polar surface area (TPSA) is 80.2 Å². The summed E-state index contributed by atoms with van der Waals surface area (Å²) < 4.78 is 5.92. The van der Waals surface area contributed by atoms with Crippen LogP contribution in [0, 0.1) is 0 Å². The minimum atomic E-state index is 0.0760. The smallest absolute Gasteiger partial charge is 0.158 e. The van der Waals surface area contributed by atoms with E-state index < -0.39 is 0 Å². The highest BCUT2D eigenvalue weighted by Crippen LogP contribution is 2.38. The van der Waals surface area contributed by atoms with E-state index in [4.69, 9.17) is 16.3 Å². The number of phenols is 1. The molecule has 2 aliphatic rings. The van der Waals surface area contributed by atoms with Gasteiger partial charge in [0.05, 0.1) is 18.2 Å². The van der Waals surface area contributed by atoms with Crippen molar-refractivity contribution in [2.45, 2.75) is 37.5 Å². The molecule has 0 unspecified atom stereocenters. The number of hydrogen-bond acceptors (Lipinski definition) is 6. The molecule has 3 atom stereocenters. The van der Waals surface area contributed by atoms with Crippen molar-refractivity contribution < 1.29 is 9.84 Å². The molecule has 3 aromatic rings. The first-order valence-corrected chi connectivity index (χ1v) is 9.08. The third kappa shape index (κ3) is 2.57. The second kappa shape index (κ2) is 6.07. The molecule has 5 rings (SSSR count). The van der Waals surface area contributed by atoms with Gasteiger partial charge in [0.25, 0.3) is 0 Å². The zero-order chi connectivity index (χ0) is 17.7. The van der Waals surface area contributed by atoms with Crippen LogP contribution in [0.2, 0.25) is 5.02 Å². The number of nitrogens with zero attached hydrogens (tertiary/aromatic N) is 3. The average Bonchev–Trinajstić information content (AvgIpc) is 3.26. The Bertz CT molecular complexity index is 996. The summed E-state index contributed by atoms with van der Waals surface area (Å²) in [4.78, 5) is 4.24. The fraction of sp³-hybridized carbons (Fsp3) is 0.316. The second-order valence-corrected chi connectivity index (χ2v) is 7.28. The van der Waals surface area contributed by atoms with Crippen LogP contribution < -0.4 is 5.32 Å². The number of ether oxygens (including phenoxy) is 1. The fourth-order valence-electron chi connectivity index (χ4n) is 3.97. The number of pyridine rings is 1. The van der Waals surface area contributed by atoms with E-state index in [0.29, 0.717) is 28.2 Å². The largest absolute Gasteiger partial charge is 0.507 e. The molecule has 7 heteroatoms. The summed E-state index contributed by atoms with van der Waals surface area (Å²) >= 11 is 5.95.